The van der Waals surface area contributed by atoms with Crippen LogP contribution in [0.4, 0.5) is 0 Å². The molecular weight excluding hydrogens is 234 g/mol. The van der Waals surface area contributed by atoms with E-state index in [9.17, 15) is 5.26 Å². The lowest BCUT2D eigenvalue weighted by molar-refractivity contribution is 0.215. The van der Waals surface area contributed by atoms with Crippen LogP contribution in [0, 0.1) is 16.7 Å². The zero-order valence-electron chi connectivity index (χ0n) is 11.3. The van der Waals surface area contributed by atoms with E-state index in [4.69, 9.17) is 0 Å². The van der Waals surface area contributed by atoms with Crippen molar-refractivity contribution in [3.8, 4) is 6.07 Å². The van der Waals surface area contributed by atoms with E-state index in [0.29, 0.717) is 5.69 Å². The Bertz CT molecular complexity index is 646. The number of aryl methyl sites for hydroxylation is 1. The topological polar surface area (TPSA) is 41.6 Å². The highest BCUT2D eigenvalue weighted by Gasteiger charge is 2.37. The van der Waals surface area contributed by atoms with Crippen LogP contribution in [0.2, 0.25) is 0 Å². The molecule has 0 bridgehead atoms. The fraction of sp³-hybridized carbons (Fsp3) is 0.375. The predicted molar refractivity (Wildman–Crippen MR) is 73.6 cm³/mol. The van der Waals surface area contributed by atoms with Crippen LogP contribution in [-0.2, 0) is 6.42 Å². The molecule has 0 fully saturated rings. The molecular formula is C16H17N3. The zero-order valence-corrected chi connectivity index (χ0v) is 11.3. The summed E-state index contributed by atoms with van der Waals surface area (Å²) in [6.07, 6.45) is 5.66. The number of aromatic nitrogens is 2. The van der Waals surface area contributed by atoms with Crippen LogP contribution in [-0.4, -0.2) is 9.55 Å². The highest BCUT2D eigenvalue weighted by Crippen LogP contribution is 2.46. The van der Waals surface area contributed by atoms with Gasteiger partial charge in [-0.2, -0.15) is 5.26 Å². The molecule has 0 radical (unpaired) electrons. The fourth-order valence-corrected chi connectivity index (χ4v) is 3.17. The maximum Gasteiger partial charge on any atom is 0.140 e. The molecule has 0 saturated carbocycles. The van der Waals surface area contributed by atoms with Crippen LogP contribution in [0.5, 0.6) is 0 Å². The second-order valence-corrected chi connectivity index (χ2v) is 5.89. The number of fused-ring (bicyclic) bond motifs is 1. The van der Waals surface area contributed by atoms with Gasteiger partial charge in [0, 0.05) is 0 Å². The van der Waals surface area contributed by atoms with Gasteiger partial charge in [0.2, 0.25) is 0 Å². The lowest BCUT2D eigenvalue weighted by Gasteiger charge is -2.41. The lowest BCUT2D eigenvalue weighted by atomic mass is 9.70. The van der Waals surface area contributed by atoms with Crippen molar-refractivity contribution in [3.05, 3.63) is 53.6 Å². The molecule has 0 saturated heterocycles. The molecule has 0 aliphatic heterocycles. The number of imidazole rings is 1. The van der Waals surface area contributed by atoms with E-state index in [0.717, 1.165) is 12.8 Å². The minimum Gasteiger partial charge on any atom is -0.314 e. The number of nitriles is 1. The van der Waals surface area contributed by atoms with Gasteiger partial charge in [-0.15, -0.1) is 0 Å². The normalized spacial score (nSPS) is 20.6. The molecule has 3 heteroatoms. The Hall–Kier alpha value is -2.08. The molecule has 3 nitrogen and oxygen atoms in total. The van der Waals surface area contributed by atoms with E-state index in [1.54, 1.807) is 12.5 Å². The summed E-state index contributed by atoms with van der Waals surface area (Å²) < 4.78 is 2.03. The molecule has 1 heterocycles. The summed E-state index contributed by atoms with van der Waals surface area (Å²) in [5.74, 6) is 0. The summed E-state index contributed by atoms with van der Waals surface area (Å²) >= 11 is 0. The summed E-state index contributed by atoms with van der Waals surface area (Å²) in [4.78, 5) is 4.15. The largest absolute Gasteiger partial charge is 0.314 e. The van der Waals surface area contributed by atoms with Crippen molar-refractivity contribution in [3.63, 3.8) is 0 Å². The minimum atomic E-state index is 0.126. The highest BCUT2D eigenvalue weighted by atomic mass is 15.1. The average molecular weight is 251 g/mol. The van der Waals surface area contributed by atoms with E-state index in [-0.39, 0.29) is 11.5 Å². The molecule has 96 valence electrons. The molecule has 2 aromatic rings. The van der Waals surface area contributed by atoms with E-state index < -0.39 is 0 Å². The first-order valence-electron chi connectivity index (χ1n) is 6.63. The Kier molecular flexibility index (Phi) is 2.67. The van der Waals surface area contributed by atoms with Crippen LogP contribution in [0.1, 0.15) is 43.1 Å². The van der Waals surface area contributed by atoms with Crippen molar-refractivity contribution in [2.75, 3.05) is 0 Å². The maximum atomic E-state index is 9.25. The first kappa shape index (κ1) is 12.0. The van der Waals surface area contributed by atoms with E-state index in [2.05, 4.69) is 49.2 Å². The lowest BCUT2D eigenvalue weighted by Crippen LogP contribution is -2.33. The summed E-state index contributed by atoms with van der Waals surface area (Å²) in [5, 5.41) is 9.25. The average Bonchev–Trinajstić information content (AvgIpc) is 2.85. The summed E-state index contributed by atoms with van der Waals surface area (Å²) in [6.45, 7) is 4.55. The summed E-state index contributed by atoms with van der Waals surface area (Å²) in [5.41, 5.74) is 3.48. The SMILES string of the molecule is CC1(C)CCc2ccccc2C1n1cncc1C#N. The number of benzene rings is 1. The van der Waals surface area contributed by atoms with Crippen LogP contribution in [0.3, 0.4) is 0 Å². The second-order valence-electron chi connectivity index (χ2n) is 5.89. The van der Waals surface area contributed by atoms with Crippen LogP contribution >= 0.6 is 0 Å². The van der Waals surface area contributed by atoms with E-state index in [1.165, 1.54) is 11.1 Å². The number of nitrogens with zero attached hydrogens (tertiary/aromatic N) is 3. The van der Waals surface area contributed by atoms with Gasteiger partial charge in [-0.05, 0) is 29.4 Å². The zero-order chi connectivity index (χ0) is 13.5. The molecule has 1 aromatic heterocycles. The van der Waals surface area contributed by atoms with Gasteiger partial charge in [-0.3, -0.25) is 0 Å². The molecule has 0 amide bonds. The summed E-state index contributed by atoms with van der Waals surface area (Å²) in [7, 11) is 0. The molecule has 0 N–H and O–H groups in total. The molecule has 1 atom stereocenters. The van der Waals surface area contributed by atoms with Gasteiger partial charge < -0.3 is 4.57 Å². The first-order chi connectivity index (χ1) is 9.13. The molecule has 0 spiro atoms. The quantitative estimate of drug-likeness (QED) is 0.780. The van der Waals surface area contributed by atoms with Crippen molar-refractivity contribution >= 4 is 0 Å². The third-order valence-electron chi connectivity index (χ3n) is 4.19. The Morgan fingerprint density at radius 3 is 2.95 bits per heavy atom. The van der Waals surface area contributed by atoms with E-state index >= 15 is 0 Å². The monoisotopic (exact) mass is 251 g/mol. The van der Waals surface area contributed by atoms with Gasteiger partial charge in [-0.1, -0.05) is 38.1 Å². The maximum absolute atomic E-state index is 9.25. The van der Waals surface area contributed by atoms with Crippen LogP contribution < -0.4 is 0 Å². The Balaban J connectivity index is 2.20. The number of hydrogen-bond donors (Lipinski definition) is 0. The highest BCUT2D eigenvalue weighted by molar-refractivity contribution is 5.36. The van der Waals surface area contributed by atoms with Gasteiger partial charge in [0.1, 0.15) is 11.8 Å². The number of rotatable bonds is 1. The van der Waals surface area contributed by atoms with Crippen molar-refractivity contribution in [2.45, 2.75) is 32.7 Å². The molecule has 1 aliphatic carbocycles. The first-order valence-corrected chi connectivity index (χ1v) is 6.63. The van der Waals surface area contributed by atoms with Gasteiger partial charge in [0.05, 0.1) is 18.6 Å². The molecule has 1 aromatic carbocycles. The van der Waals surface area contributed by atoms with Crippen molar-refractivity contribution in [1.82, 2.24) is 9.55 Å². The molecule has 19 heavy (non-hydrogen) atoms. The predicted octanol–water partition coefficient (Wildman–Crippen LogP) is 3.32. The molecule has 1 unspecified atom stereocenters. The van der Waals surface area contributed by atoms with Crippen LogP contribution in [0.15, 0.2) is 36.8 Å². The second kappa shape index (κ2) is 4.24. The van der Waals surface area contributed by atoms with Gasteiger partial charge in [0.25, 0.3) is 0 Å². The van der Waals surface area contributed by atoms with Gasteiger partial charge >= 0.3 is 0 Å². The standard InChI is InChI=1S/C16H17N3/c1-16(2)8-7-12-5-3-4-6-14(12)15(16)19-11-18-10-13(19)9-17/h3-6,10-11,15H,7-8H2,1-2H3. The number of hydrogen-bond acceptors (Lipinski definition) is 2. The Morgan fingerprint density at radius 2 is 2.16 bits per heavy atom. The van der Waals surface area contributed by atoms with Crippen molar-refractivity contribution in [2.24, 2.45) is 5.41 Å². The van der Waals surface area contributed by atoms with Crippen molar-refractivity contribution in [1.29, 1.82) is 5.26 Å². The third-order valence-corrected chi connectivity index (χ3v) is 4.19. The van der Waals surface area contributed by atoms with Gasteiger partial charge in [0.15, 0.2) is 0 Å². The molecule has 1 aliphatic rings. The van der Waals surface area contributed by atoms with Gasteiger partial charge in [-0.25, -0.2) is 4.98 Å². The Morgan fingerprint density at radius 1 is 1.37 bits per heavy atom. The third kappa shape index (κ3) is 1.84. The smallest absolute Gasteiger partial charge is 0.140 e. The van der Waals surface area contributed by atoms with Crippen LogP contribution in [0.25, 0.3) is 0 Å². The fourth-order valence-electron chi connectivity index (χ4n) is 3.17. The van der Waals surface area contributed by atoms with Crippen molar-refractivity contribution < 1.29 is 0 Å². The molecule has 3 rings (SSSR count). The minimum absolute atomic E-state index is 0.126. The summed E-state index contributed by atoms with van der Waals surface area (Å²) in [6, 6.07) is 11.0. The Labute approximate surface area is 113 Å². The van der Waals surface area contributed by atoms with E-state index in [1.807, 2.05) is 4.57 Å².